The van der Waals surface area contributed by atoms with Gasteiger partial charge in [0.05, 0.1) is 12.7 Å². The third-order valence-electron chi connectivity index (χ3n) is 4.08. The lowest BCUT2D eigenvalue weighted by Crippen LogP contribution is -2.49. The van der Waals surface area contributed by atoms with Crippen LogP contribution in [-0.2, 0) is 14.3 Å². The van der Waals surface area contributed by atoms with E-state index in [1.807, 2.05) is 13.8 Å². The van der Waals surface area contributed by atoms with Crippen molar-refractivity contribution in [1.82, 2.24) is 10.6 Å². The highest BCUT2D eigenvalue weighted by atomic mass is 16.5. The van der Waals surface area contributed by atoms with Crippen LogP contribution in [0.5, 0.6) is 0 Å². The van der Waals surface area contributed by atoms with E-state index in [4.69, 9.17) is 9.47 Å². The summed E-state index contributed by atoms with van der Waals surface area (Å²) in [5.41, 5.74) is -0.348. The molecule has 1 aliphatic rings. The largest absolute Gasteiger partial charge is 0.382 e. The van der Waals surface area contributed by atoms with Gasteiger partial charge in [-0.1, -0.05) is 13.8 Å². The van der Waals surface area contributed by atoms with Gasteiger partial charge in [0.15, 0.2) is 0 Å². The van der Waals surface area contributed by atoms with Crippen molar-refractivity contribution in [3.8, 4) is 0 Å². The van der Waals surface area contributed by atoms with Crippen molar-refractivity contribution in [1.29, 1.82) is 0 Å². The molecule has 0 aromatic heterocycles. The summed E-state index contributed by atoms with van der Waals surface area (Å²) in [6.45, 7) is 7.02. The molecule has 5 nitrogen and oxygen atoms in total. The molecular weight excluding hydrogens is 244 g/mol. The van der Waals surface area contributed by atoms with Crippen LogP contribution >= 0.6 is 0 Å². The minimum absolute atomic E-state index is 0.0887. The first kappa shape index (κ1) is 16.4. The van der Waals surface area contributed by atoms with Crippen molar-refractivity contribution in [2.45, 2.75) is 32.8 Å². The lowest BCUT2D eigenvalue weighted by atomic mass is 9.74. The van der Waals surface area contributed by atoms with E-state index < -0.39 is 0 Å². The van der Waals surface area contributed by atoms with Crippen LogP contribution in [-0.4, -0.2) is 52.5 Å². The minimum Gasteiger partial charge on any atom is -0.382 e. The lowest BCUT2D eigenvalue weighted by Gasteiger charge is -2.36. The van der Waals surface area contributed by atoms with E-state index in [0.29, 0.717) is 19.1 Å². The van der Waals surface area contributed by atoms with Gasteiger partial charge in [0.25, 0.3) is 0 Å². The summed E-state index contributed by atoms with van der Waals surface area (Å²) in [6, 6.07) is 0. The van der Waals surface area contributed by atoms with Gasteiger partial charge in [0.2, 0.25) is 5.91 Å². The number of ether oxygens (including phenoxy) is 2. The van der Waals surface area contributed by atoms with Crippen LogP contribution in [0.2, 0.25) is 0 Å². The van der Waals surface area contributed by atoms with Gasteiger partial charge in [0, 0.05) is 26.2 Å². The van der Waals surface area contributed by atoms with Gasteiger partial charge in [0.1, 0.15) is 0 Å². The van der Waals surface area contributed by atoms with Gasteiger partial charge in [-0.25, -0.2) is 0 Å². The molecule has 1 amide bonds. The Morgan fingerprint density at radius 2 is 2.21 bits per heavy atom. The fourth-order valence-electron chi connectivity index (χ4n) is 2.48. The zero-order valence-electron chi connectivity index (χ0n) is 12.6. The molecule has 0 aromatic rings. The molecule has 5 heteroatoms. The van der Waals surface area contributed by atoms with E-state index in [0.717, 1.165) is 25.9 Å². The predicted octanol–water partition coefficient (Wildman–Crippen LogP) is 0.790. The van der Waals surface area contributed by atoms with Crippen molar-refractivity contribution in [3.63, 3.8) is 0 Å². The van der Waals surface area contributed by atoms with Gasteiger partial charge in [-0.15, -0.1) is 0 Å². The van der Waals surface area contributed by atoms with Gasteiger partial charge >= 0.3 is 0 Å². The normalized spacial score (nSPS) is 22.0. The molecule has 112 valence electrons. The van der Waals surface area contributed by atoms with Gasteiger partial charge in [-0.05, 0) is 31.8 Å². The SMILES string of the molecule is COCC(CNC(=O)C(C)(C)C1CCCNC1)OC. The van der Waals surface area contributed by atoms with Crippen LogP contribution in [0.25, 0.3) is 0 Å². The summed E-state index contributed by atoms with van der Waals surface area (Å²) in [4.78, 5) is 12.4. The van der Waals surface area contributed by atoms with Crippen molar-refractivity contribution in [2.75, 3.05) is 40.5 Å². The van der Waals surface area contributed by atoms with Crippen LogP contribution in [0.1, 0.15) is 26.7 Å². The molecule has 2 N–H and O–H groups in total. The molecule has 0 bridgehead atoms. The second-order valence-corrected chi connectivity index (χ2v) is 5.79. The molecule has 1 aliphatic heterocycles. The summed E-state index contributed by atoms with van der Waals surface area (Å²) in [5, 5.41) is 6.35. The van der Waals surface area contributed by atoms with E-state index >= 15 is 0 Å². The smallest absolute Gasteiger partial charge is 0.226 e. The maximum atomic E-state index is 12.4. The fourth-order valence-corrected chi connectivity index (χ4v) is 2.48. The summed E-state index contributed by atoms with van der Waals surface area (Å²) in [5.74, 6) is 0.490. The first-order valence-electron chi connectivity index (χ1n) is 7.03. The molecule has 1 fully saturated rings. The maximum Gasteiger partial charge on any atom is 0.226 e. The van der Waals surface area contributed by atoms with E-state index in [1.165, 1.54) is 0 Å². The van der Waals surface area contributed by atoms with Crippen LogP contribution in [0.15, 0.2) is 0 Å². The predicted molar refractivity (Wildman–Crippen MR) is 75.1 cm³/mol. The molecule has 0 aliphatic carbocycles. The second kappa shape index (κ2) is 7.82. The third kappa shape index (κ3) is 4.75. The van der Waals surface area contributed by atoms with Crippen molar-refractivity contribution in [3.05, 3.63) is 0 Å². The fraction of sp³-hybridized carbons (Fsp3) is 0.929. The number of piperidine rings is 1. The summed E-state index contributed by atoms with van der Waals surface area (Å²) in [7, 11) is 3.26. The number of hydrogen-bond donors (Lipinski definition) is 2. The summed E-state index contributed by atoms with van der Waals surface area (Å²) >= 11 is 0. The second-order valence-electron chi connectivity index (χ2n) is 5.79. The number of carbonyl (C=O) groups excluding carboxylic acids is 1. The highest BCUT2D eigenvalue weighted by Gasteiger charge is 2.37. The molecular formula is C14H28N2O3. The number of amides is 1. The van der Waals surface area contributed by atoms with Crippen LogP contribution in [0.4, 0.5) is 0 Å². The van der Waals surface area contributed by atoms with E-state index in [1.54, 1.807) is 14.2 Å². The molecule has 2 atom stereocenters. The summed E-state index contributed by atoms with van der Waals surface area (Å²) in [6.07, 6.45) is 2.17. The number of rotatable bonds is 7. The van der Waals surface area contributed by atoms with Crippen LogP contribution in [0.3, 0.4) is 0 Å². The molecule has 2 unspecified atom stereocenters. The quantitative estimate of drug-likeness (QED) is 0.719. The number of nitrogens with one attached hydrogen (secondary N) is 2. The van der Waals surface area contributed by atoms with Crippen molar-refractivity contribution >= 4 is 5.91 Å². The van der Waals surface area contributed by atoms with E-state index in [2.05, 4.69) is 10.6 Å². The Hall–Kier alpha value is -0.650. The lowest BCUT2D eigenvalue weighted by molar-refractivity contribution is -0.133. The number of carbonyl (C=O) groups is 1. The van der Waals surface area contributed by atoms with E-state index in [-0.39, 0.29) is 17.4 Å². The van der Waals surface area contributed by atoms with Crippen molar-refractivity contribution < 1.29 is 14.3 Å². The Labute approximate surface area is 116 Å². The highest BCUT2D eigenvalue weighted by molar-refractivity contribution is 5.82. The average Bonchev–Trinajstić information content (AvgIpc) is 2.43. The number of methoxy groups -OCH3 is 2. The monoisotopic (exact) mass is 272 g/mol. The molecule has 1 saturated heterocycles. The van der Waals surface area contributed by atoms with Crippen LogP contribution < -0.4 is 10.6 Å². The molecule has 0 radical (unpaired) electrons. The molecule has 0 aromatic carbocycles. The first-order valence-corrected chi connectivity index (χ1v) is 7.03. The van der Waals surface area contributed by atoms with Crippen molar-refractivity contribution in [2.24, 2.45) is 11.3 Å². The molecule has 19 heavy (non-hydrogen) atoms. The Kier molecular flexibility index (Phi) is 6.75. The maximum absolute atomic E-state index is 12.4. The standard InChI is InChI=1S/C14H28N2O3/c1-14(2,11-6-5-7-15-8-11)13(17)16-9-12(19-4)10-18-3/h11-12,15H,5-10H2,1-4H3,(H,16,17). The van der Waals surface area contributed by atoms with Gasteiger partial charge in [-0.2, -0.15) is 0 Å². The molecule has 1 rings (SSSR count). The zero-order chi connectivity index (χ0) is 14.3. The summed E-state index contributed by atoms with van der Waals surface area (Å²) < 4.78 is 10.3. The minimum atomic E-state index is -0.348. The zero-order valence-corrected chi connectivity index (χ0v) is 12.6. The number of hydrogen-bond acceptors (Lipinski definition) is 4. The Morgan fingerprint density at radius 3 is 2.74 bits per heavy atom. The van der Waals surface area contributed by atoms with Gasteiger partial charge in [-0.3, -0.25) is 4.79 Å². The molecule has 0 spiro atoms. The topological polar surface area (TPSA) is 59.6 Å². The Morgan fingerprint density at radius 1 is 1.47 bits per heavy atom. The Bertz CT molecular complexity index is 276. The highest BCUT2D eigenvalue weighted by Crippen LogP contribution is 2.31. The average molecular weight is 272 g/mol. The van der Waals surface area contributed by atoms with Gasteiger partial charge < -0.3 is 20.1 Å². The third-order valence-corrected chi connectivity index (χ3v) is 4.08. The van der Waals surface area contributed by atoms with E-state index in [9.17, 15) is 4.79 Å². The Balaban J connectivity index is 2.45. The molecule has 0 saturated carbocycles. The first-order chi connectivity index (χ1) is 9.02. The molecule has 1 heterocycles. The van der Waals surface area contributed by atoms with Crippen LogP contribution in [0, 0.1) is 11.3 Å².